The van der Waals surface area contributed by atoms with E-state index in [4.69, 9.17) is 21.9 Å². The molecule has 9 aromatic rings. The van der Waals surface area contributed by atoms with Crippen LogP contribution in [0.5, 0.6) is 11.5 Å². The number of fused-ring (bicyclic) bond motifs is 6. The van der Waals surface area contributed by atoms with E-state index in [1.54, 1.807) is 12.3 Å². The minimum Gasteiger partial charge on any atom is -0.0599 e. The number of ether oxygens (including phenoxy) is 1. The van der Waals surface area contributed by atoms with Crippen molar-refractivity contribution in [1.29, 1.82) is 0 Å². The zero-order chi connectivity index (χ0) is 39.0. The molecule has 0 aliphatic carbocycles. The van der Waals surface area contributed by atoms with E-state index in [0.29, 0.717) is 17.1 Å². The van der Waals surface area contributed by atoms with Crippen LogP contribution >= 0.6 is 0 Å². The molecule has 6 heteroatoms. The van der Waals surface area contributed by atoms with Gasteiger partial charge in [-0.05, 0) is 0 Å². The summed E-state index contributed by atoms with van der Waals surface area (Å²) < 4.78 is 35.2. The van der Waals surface area contributed by atoms with E-state index in [1.807, 2.05) is 81.6 Å². The second-order valence-electron chi connectivity index (χ2n) is 16.1. The number of rotatable bonds is 7. The number of aromatic nitrogens is 3. The third-order valence-corrected chi connectivity index (χ3v) is 14.1. The van der Waals surface area contributed by atoms with Crippen molar-refractivity contribution in [2.45, 2.75) is 44.4 Å². The molecule has 0 unspecified atom stereocenters. The molecule has 54 heavy (non-hydrogen) atoms. The Morgan fingerprint density at radius 3 is 2.22 bits per heavy atom. The molecule has 5 aromatic carbocycles. The quantitative estimate of drug-likeness (QED) is 0.152. The van der Waals surface area contributed by atoms with E-state index < -0.39 is 25.1 Å². The molecule has 9 rings (SSSR count). The van der Waals surface area contributed by atoms with E-state index >= 15 is 0 Å². The first kappa shape index (κ1) is 31.8. The third-order valence-electron chi connectivity index (χ3n) is 9.88. The summed E-state index contributed by atoms with van der Waals surface area (Å²) >= 11 is -2.71. The third kappa shape index (κ3) is 6.16. The number of furan rings is 1. The van der Waals surface area contributed by atoms with Gasteiger partial charge in [0.2, 0.25) is 0 Å². The zero-order valence-electron chi connectivity index (χ0n) is 33.4. The number of hydrogen-bond donors (Lipinski definition) is 0. The van der Waals surface area contributed by atoms with Gasteiger partial charge in [0.1, 0.15) is 0 Å². The summed E-state index contributed by atoms with van der Waals surface area (Å²) in [7, 11) is 0. The molecule has 0 radical (unpaired) electrons. The molecule has 0 aliphatic heterocycles. The fraction of sp³-hybridized carbons (Fsp3) is 0.167. The molecule has 0 atom stereocenters. The maximum absolute atomic E-state index is 9.02. The standard InChI is InChI=1S/C48H43GeN3O2/c1-48(2,3)29-31-24-25-50-44(26-31)52-40-18-12-10-16-35(40)36-22-21-34(27-41(36)52)53-43-28-38(39-23-20-33(30-51-39)32-14-8-7-9-15-32)47-45(46(43)49(4,5)6)37-17-11-13-19-42(37)54-47/h7-28,30H,29H2,1-6H3/i29D2. The van der Waals surface area contributed by atoms with Crippen molar-refractivity contribution in [3.8, 4) is 39.7 Å². The van der Waals surface area contributed by atoms with Crippen LogP contribution in [0.4, 0.5) is 0 Å². The van der Waals surface area contributed by atoms with Crippen molar-refractivity contribution in [1.82, 2.24) is 14.5 Å². The van der Waals surface area contributed by atoms with Crippen molar-refractivity contribution < 1.29 is 11.9 Å². The zero-order valence-corrected chi connectivity index (χ0v) is 33.5. The van der Waals surface area contributed by atoms with Gasteiger partial charge in [-0.15, -0.1) is 0 Å². The van der Waals surface area contributed by atoms with Gasteiger partial charge in [0.05, 0.1) is 0 Å². The Morgan fingerprint density at radius 2 is 1.46 bits per heavy atom. The SMILES string of the molecule is [2H]C([2H])(c1ccnc(-n2c3ccccc3c3ccc(Oc4cc(-c5ccc(-c6ccccc6)cn5)c5oc6ccccc6c5[c]4[Ge]([CH3])([CH3])[CH3])cc32)c1)C(C)(C)C. The molecule has 5 nitrogen and oxygen atoms in total. The number of nitrogens with zero attached hydrogens (tertiary/aromatic N) is 3. The summed E-state index contributed by atoms with van der Waals surface area (Å²) in [4.78, 5) is 9.81. The Kier molecular flexibility index (Phi) is 7.68. The summed E-state index contributed by atoms with van der Waals surface area (Å²) in [5.74, 6) is 9.34. The van der Waals surface area contributed by atoms with Crippen LogP contribution in [0.2, 0.25) is 17.3 Å². The van der Waals surface area contributed by atoms with Crippen LogP contribution in [0, 0.1) is 5.41 Å². The van der Waals surface area contributed by atoms with Crippen LogP contribution in [0.15, 0.2) is 144 Å². The van der Waals surface area contributed by atoms with E-state index in [2.05, 4.69) is 88.6 Å². The fourth-order valence-electron chi connectivity index (χ4n) is 7.68. The summed E-state index contributed by atoms with van der Waals surface area (Å²) in [6.07, 6.45) is 2.07. The summed E-state index contributed by atoms with van der Waals surface area (Å²) in [6, 6.07) is 43.1. The van der Waals surface area contributed by atoms with Gasteiger partial charge in [-0.25, -0.2) is 0 Å². The molecule has 0 bridgehead atoms. The monoisotopic (exact) mass is 769 g/mol. The molecule has 0 spiro atoms. The fourth-order valence-corrected chi connectivity index (χ4v) is 11.6. The van der Waals surface area contributed by atoms with Crippen molar-refractivity contribution >= 4 is 61.4 Å². The van der Waals surface area contributed by atoms with E-state index in [0.717, 1.165) is 71.9 Å². The summed E-state index contributed by atoms with van der Waals surface area (Å²) in [6.45, 7) is 5.79. The van der Waals surface area contributed by atoms with Gasteiger partial charge in [-0.2, -0.15) is 0 Å². The minimum atomic E-state index is -2.71. The average Bonchev–Trinajstić information content (AvgIpc) is 3.73. The normalized spacial score (nSPS) is 13.1. The summed E-state index contributed by atoms with van der Waals surface area (Å²) in [5.41, 5.74) is 7.41. The molecule has 0 fully saturated rings. The van der Waals surface area contributed by atoms with Gasteiger partial charge in [0.25, 0.3) is 0 Å². The molecular formula is C48H43GeN3O2. The number of hydrogen-bond acceptors (Lipinski definition) is 4. The molecule has 266 valence electrons. The topological polar surface area (TPSA) is 53.1 Å². The molecular weight excluding hydrogens is 723 g/mol. The van der Waals surface area contributed by atoms with Crippen LogP contribution < -0.4 is 9.13 Å². The van der Waals surface area contributed by atoms with Gasteiger partial charge in [-0.3, -0.25) is 0 Å². The van der Waals surface area contributed by atoms with E-state index in [-0.39, 0.29) is 0 Å². The molecule has 0 saturated carbocycles. The van der Waals surface area contributed by atoms with Crippen molar-refractivity contribution in [3.05, 3.63) is 145 Å². The molecule has 0 N–H and O–H groups in total. The predicted octanol–water partition coefficient (Wildman–Crippen LogP) is 12.7. The van der Waals surface area contributed by atoms with Crippen LogP contribution in [0.25, 0.3) is 71.9 Å². The molecule has 0 amide bonds. The van der Waals surface area contributed by atoms with E-state index in [9.17, 15) is 0 Å². The summed E-state index contributed by atoms with van der Waals surface area (Å²) in [5, 5.41) is 4.32. The first-order valence-electron chi connectivity index (χ1n) is 19.5. The van der Waals surface area contributed by atoms with Gasteiger partial charge >= 0.3 is 302 Å². The first-order chi connectivity index (χ1) is 26.8. The van der Waals surface area contributed by atoms with Gasteiger partial charge < -0.3 is 0 Å². The molecule has 4 heterocycles. The van der Waals surface area contributed by atoms with Crippen LogP contribution in [0.3, 0.4) is 0 Å². The van der Waals surface area contributed by atoms with E-state index in [1.165, 1.54) is 4.40 Å². The Balaban J connectivity index is 1.24. The van der Waals surface area contributed by atoms with Gasteiger partial charge in [0, 0.05) is 0 Å². The average molecular weight is 769 g/mol. The maximum atomic E-state index is 9.02. The number of para-hydroxylation sites is 2. The Morgan fingerprint density at radius 1 is 0.722 bits per heavy atom. The number of benzene rings is 5. The number of pyridine rings is 2. The van der Waals surface area contributed by atoms with Crippen LogP contribution in [-0.2, 0) is 6.37 Å². The minimum absolute atomic E-state index is 0.591. The Hall–Kier alpha value is -5.66. The van der Waals surface area contributed by atoms with Crippen molar-refractivity contribution in [3.63, 3.8) is 0 Å². The second kappa shape index (κ2) is 13.0. The second-order valence-corrected chi connectivity index (χ2v) is 26.5. The van der Waals surface area contributed by atoms with Crippen molar-refractivity contribution in [2.75, 3.05) is 0 Å². The molecule has 4 aromatic heterocycles. The van der Waals surface area contributed by atoms with Crippen LogP contribution in [-0.4, -0.2) is 27.8 Å². The Labute approximate surface area is 321 Å². The smallest absolute Gasteiger partial charge is 0.0599 e. The van der Waals surface area contributed by atoms with Gasteiger partial charge in [-0.1, -0.05) is 20.8 Å². The molecule has 0 saturated heterocycles. The molecule has 0 aliphatic rings. The van der Waals surface area contributed by atoms with Gasteiger partial charge in [0.15, 0.2) is 0 Å². The predicted molar refractivity (Wildman–Crippen MR) is 227 cm³/mol. The van der Waals surface area contributed by atoms with Crippen LogP contribution in [0.1, 0.15) is 29.1 Å². The first-order valence-corrected chi connectivity index (χ1v) is 25.8. The van der Waals surface area contributed by atoms with Crippen molar-refractivity contribution in [2.24, 2.45) is 5.41 Å². The Bertz CT molecular complexity index is 2940.